The van der Waals surface area contributed by atoms with Crippen molar-refractivity contribution in [3.63, 3.8) is 0 Å². The third-order valence-corrected chi connectivity index (χ3v) is 5.29. The Kier molecular flexibility index (Phi) is 5.66. The standard InChI is InChI=1S/C19H19N3O3S/c1-2-15-10-13(11-20)19(26-15)22-17(23)12-5-3-6-14(9-12)21-18(24)16-7-4-8-25-16/h3,5-6,9-10,16H,2,4,7-8H2,1H3,(H,21,24)(H,22,23). The molecule has 1 aliphatic rings. The van der Waals surface area contributed by atoms with Gasteiger partial charge in [0.05, 0.1) is 5.56 Å². The topological polar surface area (TPSA) is 91.2 Å². The SMILES string of the molecule is CCc1cc(C#N)c(NC(=O)c2cccc(NC(=O)C3CCCO3)c2)s1. The highest BCUT2D eigenvalue weighted by Crippen LogP contribution is 2.28. The van der Waals surface area contributed by atoms with Crippen LogP contribution in [0.15, 0.2) is 30.3 Å². The molecule has 26 heavy (non-hydrogen) atoms. The molecule has 0 radical (unpaired) electrons. The highest BCUT2D eigenvalue weighted by molar-refractivity contribution is 7.16. The van der Waals surface area contributed by atoms with Gasteiger partial charge < -0.3 is 15.4 Å². The number of nitrogens with zero attached hydrogens (tertiary/aromatic N) is 1. The van der Waals surface area contributed by atoms with Gasteiger partial charge in [0.15, 0.2) is 0 Å². The molecule has 2 amide bonds. The van der Waals surface area contributed by atoms with E-state index in [9.17, 15) is 14.9 Å². The monoisotopic (exact) mass is 369 g/mol. The van der Waals surface area contributed by atoms with E-state index in [0.717, 1.165) is 17.7 Å². The Labute approximate surface area is 155 Å². The molecule has 1 aromatic carbocycles. The van der Waals surface area contributed by atoms with E-state index in [-0.39, 0.29) is 11.8 Å². The van der Waals surface area contributed by atoms with Crippen LogP contribution >= 0.6 is 11.3 Å². The minimum absolute atomic E-state index is 0.197. The van der Waals surface area contributed by atoms with Gasteiger partial charge in [-0.3, -0.25) is 9.59 Å². The third kappa shape index (κ3) is 4.10. The molecule has 134 valence electrons. The van der Waals surface area contributed by atoms with E-state index < -0.39 is 6.10 Å². The molecule has 0 bridgehead atoms. The quantitative estimate of drug-likeness (QED) is 0.843. The molecule has 6 nitrogen and oxygen atoms in total. The smallest absolute Gasteiger partial charge is 0.256 e. The summed E-state index contributed by atoms with van der Waals surface area (Å²) in [6.45, 7) is 2.60. The maximum absolute atomic E-state index is 12.5. The van der Waals surface area contributed by atoms with Gasteiger partial charge in [-0.25, -0.2) is 0 Å². The number of thiophene rings is 1. The number of rotatable bonds is 5. The molecule has 3 rings (SSSR count). The van der Waals surface area contributed by atoms with E-state index in [0.29, 0.717) is 34.8 Å². The molecule has 1 aliphatic heterocycles. The molecule has 1 saturated heterocycles. The van der Waals surface area contributed by atoms with Crippen LogP contribution in [0.2, 0.25) is 0 Å². The first-order valence-corrected chi connectivity index (χ1v) is 9.29. The summed E-state index contributed by atoms with van der Waals surface area (Å²) in [6.07, 6.45) is 1.97. The zero-order valence-electron chi connectivity index (χ0n) is 14.4. The van der Waals surface area contributed by atoms with Gasteiger partial charge in [0.25, 0.3) is 11.8 Å². The average Bonchev–Trinajstić information content (AvgIpc) is 3.31. The lowest BCUT2D eigenvalue weighted by molar-refractivity contribution is -0.124. The number of aryl methyl sites for hydroxylation is 1. The number of carbonyl (C=O) groups excluding carboxylic acids is 2. The molecule has 1 aromatic heterocycles. The minimum Gasteiger partial charge on any atom is -0.368 e. The number of ether oxygens (including phenoxy) is 1. The highest BCUT2D eigenvalue weighted by atomic mass is 32.1. The number of hydrogen-bond donors (Lipinski definition) is 2. The molecule has 1 fully saturated rings. The Bertz CT molecular complexity index is 863. The maximum atomic E-state index is 12.5. The molecular weight excluding hydrogens is 350 g/mol. The van der Waals surface area contributed by atoms with Crippen molar-refractivity contribution in [2.75, 3.05) is 17.2 Å². The summed E-state index contributed by atoms with van der Waals surface area (Å²) in [4.78, 5) is 25.7. The second kappa shape index (κ2) is 8.13. The molecule has 7 heteroatoms. The van der Waals surface area contributed by atoms with Crippen molar-refractivity contribution in [1.29, 1.82) is 5.26 Å². The Hall–Kier alpha value is -2.69. The molecule has 0 aliphatic carbocycles. The summed E-state index contributed by atoms with van der Waals surface area (Å²) in [7, 11) is 0. The number of amides is 2. The third-order valence-electron chi connectivity index (χ3n) is 4.09. The van der Waals surface area contributed by atoms with Crippen LogP contribution in [-0.4, -0.2) is 24.5 Å². The highest BCUT2D eigenvalue weighted by Gasteiger charge is 2.23. The van der Waals surface area contributed by atoms with Gasteiger partial charge in [0, 0.05) is 22.7 Å². The number of nitriles is 1. The first kappa shape index (κ1) is 18.1. The fraction of sp³-hybridized carbons (Fsp3) is 0.316. The average molecular weight is 369 g/mol. The first-order chi connectivity index (χ1) is 12.6. The van der Waals surface area contributed by atoms with Crippen LogP contribution in [0, 0.1) is 11.3 Å². The summed E-state index contributed by atoms with van der Waals surface area (Å²) in [5.41, 5.74) is 1.41. The molecule has 2 heterocycles. The molecule has 1 atom stereocenters. The lowest BCUT2D eigenvalue weighted by atomic mass is 10.1. The number of benzene rings is 1. The second-order valence-corrected chi connectivity index (χ2v) is 7.08. The number of hydrogen-bond acceptors (Lipinski definition) is 5. The van der Waals surface area contributed by atoms with Crippen molar-refractivity contribution < 1.29 is 14.3 Å². The Morgan fingerprint density at radius 1 is 1.35 bits per heavy atom. The van der Waals surface area contributed by atoms with E-state index in [1.807, 2.05) is 6.92 Å². The van der Waals surface area contributed by atoms with Crippen LogP contribution in [-0.2, 0) is 16.0 Å². The summed E-state index contributed by atoms with van der Waals surface area (Å²) >= 11 is 1.40. The number of anilines is 2. The van der Waals surface area contributed by atoms with Crippen LogP contribution in [0.4, 0.5) is 10.7 Å². The molecule has 2 aromatic rings. The van der Waals surface area contributed by atoms with Crippen LogP contribution in [0.25, 0.3) is 0 Å². The van der Waals surface area contributed by atoms with E-state index in [2.05, 4.69) is 16.7 Å². The van der Waals surface area contributed by atoms with Crippen molar-refractivity contribution in [2.24, 2.45) is 0 Å². The fourth-order valence-electron chi connectivity index (χ4n) is 2.71. The van der Waals surface area contributed by atoms with Crippen LogP contribution < -0.4 is 10.6 Å². The van der Waals surface area contributed by atoms with Gasteiger partial charge in [0.2, 0.25) is 0 Å². The van der Waals surface area contributed by atoms with Gasteiger partial charge in [-0.2, -0.15) is 5.26 Å². The lowest BCUT2D eigenvalue weighted by Crippen LogP contribution is -2.27. The van der Waals surface area contributed by atoms with Gasteiger partial charge in [-0.05, 0) is 43.5 Å². The fourth-order valence-corrected chi connectivity index (χ4v) is 3.65. The molecule has 2 N–H and O–H groups in total. The van der Waals surface area contributed by atoms with Crippen LogP contribution in [0.1, 0.15) is 40.6 Å². The van der Waals surface area contributed by atoms with Crippen molar-refractivity contribution in [2.45, 2.75) is 32.3 Å². The second-order valence-electron chi connectivity index (χ2n) is 5.95. The molecule has 0 saturated carbocycles. The minimum atomic E-state index is -0.427. The van der Waals surface area contributed by atoms with E-state index >= 15 is 0 Å². The predicted molar refractivity (Wildman–Crippen MR) is 100 cm³/mol. The van der Waals surface area contributed by atoms with E-state index in [1.165, 1.54) is 11.3 Å². The Morgan fingerprint density at radius 3 is 2.88 bits per heavy atom. The van der Waals surface area contributed by atoms with E-state index in [1.54, 1.807) is 30.3 Å². The first-order valence-electron chi connectivity index (χ1n) is 8.47. The zero-order valence-corrected chi connectivity index (χ0v) is 15.2. The molecule has 0 spiro atoms. The lowest BCUT2D eigenvalue weighted by Gasteiger charge is -2.11. The number of carbonyl (C=O) groups is 2. The summed E-state index contributed by atoms with van der Waals surface area (Å²) < 4.78 is 5.36. The maximum Gasteiger partial charge on any atom is 0.256 e. The van der Waals surface area contributed by atoms with Crippen LogP contribution in [0.3, 0.4) is 0 Å². The van der Waals surface area contributed by atoms with Crippen molar-refractivity contribution in [3.05, 3.63) is 46.3 Å². The van der Waals surface area contributed by atoms with Gasteiger partial charge in [-0.1, -0.05) is 13.0 Å². The van der Waals surface area contributed by atoms with Gasteiger partial charge in [-0.15, -0.1) is 11.3 Å². The van der Waals surface area contributed by atoms with Gasteiger partial charge in [0.1, 0.15) is 17.2 Å². The zero-order chi connectivity index (χ0) is 18.5. The summed E-state index contributed by atoms with van der Waals surface area (Å²) in [6, 6.07) is 10.6. The van der Waals surface area contributed by atoms with Gasteiger partial charge >= 0.3 is 0 Å². The predicted octanol–water partition coefficient (Wildman–Crippen LogP) is 3.55. The molecular formula is C19H19N3O3S. The summed E-state index contributed by atoms with van der Waals surface area (Å²) in [5.74, 6) is -0.517. The van der Waals surface area contributed by atoms with Crippen LogP contribution in [0.5, 0.6) is 0 Å². The van der Waals surface area contributed by atoms with Crippen molar-refractivity contribution in [1.82, 2.24) is 0 Å². The van der Waals surface area contributed by atoms with Crippen molar-refractivity contribution in [3.8, 4) is 6.07 Å². The Balaban J connectivity index is 1.71. The largest absolute Gasteiger partial charge is 0.368 e. The summed E-state index contributed by atoms with van der Waals surface area (Å²) in [5, 5.41) is 15.3. The number of nitrogens with one attached hydrogen (secondary N) is 2. The van der Waals surface area contributed by atoms with E-state index in [4.69, 9.17) is 4.74 Å². The normalized spacial score (nSPS) is 16.1. The molecule has 1 unspecified atom stereocenters. The Morgan fingerprint density at radius 2 is 2.19 bits per heavy atom. The van der Waals surface area contributed by atoms with Crippen molar-refractivity contribution >= 4 is 33.8 Å².